The lowest BCUT2D eigenvalue weighted by Gasteiger charge is -2.15. The van der Waals surface area contributed by atoms with Gasteiger partial charge in [-0.2, -0.15) is 5.10 Å². The van der Waals surface area contributed by atoms with Crippen LogP contribution >= 0.6 is 15.9 Å². The van der Waals surface area contributed by atoms with Crippen LogP contribution in [0.15, 0.2) is 22.7 Å². The third-order valence-corrected chi connectivity index (χ3v) is 3.80. The molecule has 0 amide bonds. The summed E-state index contributed by atoms with van der Waals surface area (Å²) >= 11 is 3.55. The lowest BCUT2D eigenvalue weighted by Crippen LogP contribution is -2.14. The number of aromatic nitrogens is 2. The number of halogens is 1. The minimum atomic E-state index is 0.527. The highest BCUT2D eigenvalue weighted by atomic mass is 79.9. The van der Waals surface area contributed by atoms with Gasteiger partial charge in [-0.15, -0.1) is 0 Å². The molecule has 0 unspecified atom stereocenters. The minimum Gasteiger partial charge on any atom is -0.487 e. The fourth-order valence-corrected chi connectivity index (χ4v) is 2.96. The summed E-state index contributed by atoms with van der Waals surface area (Å²) in [5, 5.41) is 7.70. The first-order valence-corrected chi connectivity index (χ1v) is 7.92. The first kappa shape index (κ1) is 16.0. The number of rotatable bonds is 6. The highest BCUT2D eigenvalue weighted by molar-refractivity contribution is 9.10. The molecule has 5 heteroatoms. The van der Waals surface area contributed by atoms with Gasteiger partial charge < -0.3 is 10.1 Å². The number of nitrogens with zero attached hydrogens (tertiary/aromatic N) is 2. The first-order valence-electron chi connectivity index (χ1n) is 7.13. The molecule has 2 aromatic rings. The molecule has 0 aliphatic heterocycles. The monoisotopic (exact) mass is 351 g/mol. The molecule has 0 atom stereocenters. The normalized spacial score (nSPS) is 10.9. The molecule has 1 heterocycles. The molecule has 0 spiro atoms. The van der Waals surface area contributed by atoms with E-state index >= 15 is 0 Å². The van der Waals surface area contributed by atoms with E-state index in [1.807, 2.05) is 18.7 Å². The molecule has 0 saturated carbocycles. The largest absolute Gasteiger partial charge is 0.487 e. The van der Waals surface area contributed by atoms with E-state index in [-0.39, 0.29) is 0 Å². The van der Waals surface area contributed by atoms with Gasteiger partial charge in [0, 0.05) is 23.6 Å². The second kappa shape index (κ2) is 7.09. The molecule has 1 aromatic carbocycles. The van der Waals surface area contributed by atoms with Crippen LogP contribution in [0.4, 0.5) is 0 Å². The topological polar surface area (TPSA) is 39.1 Å². The average Bonchev–Trinajstić information content (AvgIpc) is 2.73. The van der Waals surface area contributed by atoms with E-state index in [1.54, 1.807) is 0 Å². The summed E-state index contributed by atoms with van der Waals surface area (Å²) in [6, 6.07) is 6.25. The Bertz CT molecular complexity index is 622. The van der Waals surface area contributed by atoms with E-state index in [4.69, 9.17) is 4.74 Å². The Hall–Kier alpha value is -1.33. The number of aryl methyl sites for hydroxylation is 3. The van der Waals surface area contributed by atoms with Crippen molar-refractivity contribution in [3.8, 4) is 5.75 Å². The summed E-state index contributed by atoms with van der Waals surface area (Å²) in [6.45, 7) is 8.43. The van der Waals surface area contributed by atoms with Crippen molar-refractivity contribution in [2.45, 2.75) is 33.9 Å². The highest BCUT2D eigenvalue weighted by Gasteiger charge is 2.10. The third kappa shape index (κ3) is 4.08. The number of hydrogen-bond acceptors (Lipinski definition) is 3. The van der Waals surface area contributed by atoms with Crippen LogP contribution in [0.2, 0.25) is 0 Å². The van der Waals surface area contributed by atoms with Gasteiger partial charge in [0.2, 0.25) is 0 Å². The average molecular weight is 352 g/mol. The standard InChI is InChI=1S/C16H22BrN3O/c1-5-18-9-13-8-14(17)6-11(2)16(13)21-10-15-7-12(3)19-20(15)4/h6-8,18H,5,9-10H2,1-4H3. The molecule has 0 radical (unpaired) electrons. The Morgan fingerprint density at radius 1 is 1.29 bits per heavy atom. The van der Waals surface area contributed by atoms with Crippen molar-refractivity contribution >= 4 is 15.9 Å². The highest BCUT2D eigenvalue weighted by Crippen LogP contribution is 2.29. The van der Waals surface area contributed by atoms with Crippen molar-refractivity contribution in [3.63, 3.8) is 0 Å². The Balaban J connectivity index is 2.20. The van der Waals surface area contributed by atoms with Crippen LogP contribution in [-0.4, -0.2) is 16.3 Å². The SMILES string of the molecule is CCNCc1cc(Br)cc(C)c1OCc1cc(C)nn1C. The molecule has 0 aliphatic carbocycles. The van der Waals surface area contributed by atoms with E-state index in [9.17, 15) is 0 Å². The smallest absolute Gasteiger partial charge is 0.130 e. The van der Waals surface area contributed by atoms with Crippen LogP contribution in [0.3, 0.4) is 0 Å². The van der Waals surface area contributed by atoms with E-state index in [0.717, 1.165) is 40.3 Å². The maximum Gasteiger partial charge on any atom is 0.130 e. The predicted molar refractivity (Wildman–Crippen MR) is 88.5 cm³/mol. The molecule has 0 fully saturated rings. The molecule has 0 bridgehead atoms. The van der Waals surface area contributed by atoms with Gasteiger partial charge in [0.05, 0.1) is 11.4 Å². The van der Waals surface area contributed by atoms with Gasteiger partial charge in [-0.25, -0.2) is 0 Å². The molecular formula is C16H22BrN3O. The number of ether oxygens (including phenoxy) is 1. The fourth-order valence-electron chi connectivity index (χ4n) is 2.34. The molecule has 2 rings (SSSR count). The van der Waals surface area contributed by atoms with Gasteiger partial charge in [0.25, 0.3) is 0 Å². The van der Waals surface area contributed by atoms with Gasteiger partial charge in [-0.3, -0.25) is 4.68 Å². The van der Waals surface area contributed by atoms with Gasteiger partial charge in [-0.1, -0.05) is 22.9 Å². The number of nitrogens with one attached hydrogen (secondary N) is 1. The maximum absolute atomic E-state index is 6.08. The zero-order valence-corrected chi connectivity index (χ0v) is 14.6. The Morgan fingerprint density at radius 2 is 2.05 bits per heavy atom. The zero-order chi connectivity index (χ0) is 15.4. The second-order valence-corrected chi connectivity index (χ2v) is 6.10. The Morgan fingerprint density at radius 3 is 2.67 bits per heavy atom. The second-order valence-electron chi connectivity index (χ2n) is 5.18. The zero-order valence-electron chi connectivity index (χ0n) is 13.0. The van der Waals surface area contributed by atoms with Crippen molar-refractivity contribution in [1.82, 2.24) is 15.1 Å². The van der Waals surface area contributed by atoms with Crippen molar-refractivity contribution < 1.29 is 4.74 Å². The van der Waals surface area contributed by atoms with Gasteiger partial charge in [0.1, 0.15) is 12.4 Å². The van der Waals surface area contributed by atoms with Crippen LogP contribution in [-0.2, 0) is 20.2 Å². The first-order chi connectivity index (χ1) is 10.0. The summed E-state index contributed by atoms with van der Waals surface area (Å²) in [5.74, 6) is 0.956. The fraction of sp³-hybridized carbons (Fsp3) is 0.438. The maximum atomic E-state index is 6.08. The molecule has 1 N–H and O–H groups in total. The lowest BCUT2D eigenvalue weighted by atomic mass is 10.1. The summed E-state index contributed by atoms with van der Waals surface area (Å²) in [7, 11) is 1.94. The Kier molecular flexibility index (Phi) is 5.42. The summed E-state index contributed by atoms with van der Waals surface area (Å²) in [6.07, 6.45) is 0. The molecule has 1 aromatic heterocycles. The van der Waals surface area contributed by atoms with Crippen LogP contribution in [0.5, 0.6) is 5.75 Å². The van der Waals surface area contributed by atoms with Crippen LogP contribution < -0.4 is 10.1 Å². The van der Waals surface area contributed by atoms with Crippen LogP contribution in [0.25, 0.3) is 0 Å². The minimum absolute atomic E-state index is 0.527. The molecule has 114 valence electrons. The number of benzene rings is 1. The summed E-state index contributed by atoms with van der Waals surface area (Å²) in [4.78, 5) is 0. The number of hydrogen-bond donors (Lipinski definition) is 1. The van der Waals surface area contributed by atoms with Crippen molar-refractivity contribution in [1.29, 1.82) is 0 Å². The lowest BCUT2D eigenvalue weighted by molar-refractivity contribution is 0.289. The quantitative estimate of drug-likeness (QED) is 0.865. The van der Waals surface area contributed by atoms with Crippen LogP contribution in [0, 0.1) is 13.8 Å². The van der Waals surface area contributed by atoms with Crippen LogP contribution in [0.1, 0.15) is 29.4 Å². The van der Waals surface area contributed by atoms with Crippen molar-refractivity contribution in [2.24, 2.45) is 7.05 Å². The summed E-state index contributed by atoms with van der Waals surface area (Å²) < 4.78 is 9.03. The van der Waals surface area contributed by atoms with Gasteiger partial charge >= 0.3 is 0 Å². The van der Waals surface area contributed by atoms with Gasteiger partial charge in [-0.05, 0) is 44.2 Å². The van der Waals surface area contributed by atoms with Crippen molar-refractivity contribution in [3.05, 3.63) is 45.2 Å². The summed E-state index contributed by atoms with van der Waals surface area (Å²) in [5.41, 5.74) is 4.39. The van der Waals surface area contributed by atoms with E-state index < -0.39 is 0 Å². The predicted octanol–water partition coefficient (Wildman–Crippen LogP) is 3.49. The molecule has 4 nitrogen and oxygen atoms in total. The molecule has 0 aliphatic rings. The Labute approximate surface area is 134 Å². The van der Waals surface area contributed by atoms with E-state index in [0.29, 0.717) is 6.61 Å². The van der Waals surface area contributed by atoms with E-state index in [1.165, 1.54) is 5.56 Å². The van der Waals surface area contributed by atoms with E-state index in [2.05, 4.69) is 58.4 Å². The third-order valence-electron chi connectivity index (χ3n) is 3.35. The molecular weight excluding hydrogens is 330 g/mol. The van der Waals surface area contributed by atoms with Crippen molar-refractivity contribution in [2.75, 3.05) is 6.54 Å². The molecule has 21 heavy (non-hydrogen) atoms. The molecule has 0 saturated heterocycles. The van der Waals surface area contributed by atoms with Gasteiger partial charge in [0.15, 0.2) is 0 Å².